The minimum Gasteiger partial charge on any atom is -0.328 e. The molecule has 0 amide bonds. The van der Waals surface area contributed by atoms with Crippen LogP contribution in [-0.4, -0.2) is 22.1 Å². The zero-order valence-electron chi connectivity index (χ0n) is 10.6. The highest BCUT2D eigenvalue weighted by Gasteiger charge is 2.20. The number of hydrogen-bond acceptors (Lipinski definition) is 2. The molecule has 1 N–H and O–H groups in total. The number of hydrogen-bond donors (Lipinski definition) is 1. The van der Waals surface area contributed by atoms with E-state index in [0.29, 0.717) is 0 Å². The van der Waals surface area contributed by atoms with Crippen LogP contribution in [0, 0.1) is 0 Å². The molecule has 3 rings (SSSR count). The maximum absolute atomic E-state index is 4.75. The lowest BCUT2D eigenvalue weighted by atomic mass is 10.3. The van der Waals surface area contributed by atoms with Gasteiger partial charge in [-0.25, -0.2) is 4.98 Å². The van der Waals surface area contributed by atoms with Gasteiger partial charge in [0.1, 0.15) is 5.82 Å². The predicted molar refractivity (Wildman–Crippen MR) is 77.8 cm³/mol. The number of aromatic nitrogens is 2. The number of rotatable bonds is 5. The molecule has 0 bridgehead atoms. The van der Waals surface area contributed by atoms with E-state index in [9.17, 15) is 0 Å². The number of nitrogens with zero attached hydrogens (tertiary/aromatic N) is 2. The van der Waals surface area contributed by atoms with Gasteiger partial charge in [-0.15, -0.1) is 0 Å². The standard InChI is InChI=1S/C14H18BrN3/c1-2-18-13-6-3-10(15)9-12(13)17-14(18)7-8-16-11-4-5-11/h3,6,9,11,16H,2,4-5,7-8H2,1H3. The number of fused-ring (bicyclic) bond motifs is 1. The molecule has 2 aromatic rings. The molecule has 0 atom stereocenters. The van der Waals surface area contributed by atoms with Crippen molar-refractivity contribution in [3.63, 3.8) is 0 Å². The van der Waals surface area contributed by atoms with Crippen molar-refractivity contribution in [2.75, 3.05) is 6.54 Å². The lowest BCUT2D eigenvalue weighted by Crippen LogP contribution is -2.20. The van der Waals surface area contributed by atoms with Gasteiger partial charge in [-0.3, -0.25) is 0 Å². The fourth-order valence-corrected chi connectivity index (χ4v) is 2.72. The van der Waals surface area contributed by atoms with Crippen LogP contribution in [0.1, 0.15) is 25.6 Å². The third-order valence-electron chi connectivity index (χ3n) is 3.46. The van der Waals surface area contributed by atoms with Crippen molar-refractivity contribution in [3.05, 3.63) is 28.5 Å². The molecule has 1 aliphatic carbocycles. The van der Waals surface area contributed by atoms with Crippen molar-refractivity contribution in [1.82, 2.24) is 14.9 Å². The molecule has 1 fully saturated rings. The first-order valence-corrected chi connectivity index (χ1v) is 7.45. The first-order chi connectivity index (χ1) is 8.78. The van der Waals surface area contributed by atoms with Gasteiger partial charge in [0.05, 0.1) is 11.0 Å². The summed E-state index contributed by atoms with van der Waals surface area (Å²) in [6, 6.07) is 7.11. The Morgan fingerprint density at radius 3 is 3.00 bits per heavy atom. The molecule has 96 valence electrons. The second kappa shape index (κ2) is 5.02. The van der Waals surface area contributed by atoms with E-state index in [1.165, 1.54) is 24.2 Å². The Morgan fingerprint density at radius 2 is 2.28 bits per heavy atom. The summed E-state index contributed by atoms with van der Waals surface area (Å²) in [5.41, 5.74) is 2.33. The van der Waals surface area contributed by atoms with Gasteiger partial charge in [0.25, 0.3) is 0 Å². The fourth-order valence-electron chi connectivity index (χ4n) is 2.37. The molecule has 4 heteroatoms. The van der Waals surface area contributed by atoms with Crippen LogP contribution in [0.25, 0.3) is 11.0 Å². The second-order valence-corrected chi connectivity index (χ2v) is 5.80. The third-order valence-corrected chi connectivity index (χ3v) is 3.96. The lowest BCUT2D eigenvalue weighted by molar-refractivity contribution is 0.637. The molecule has 3 nitrogen and oxygen atoms in total. The average molecular weight is 308 g/mol. The molecule has 1 heterocycles. The summed E-state index contributed by atoms with van der Waals surface area (Å²) in [5, 5.41) is 3.55. The van der Waals surface area contributed by atoms with Crippen molar-refractivity contribution < 1.29 is 0 Å². The molecule has 1 aromatic carbocycles. The SMILES string of the molecule is CCn1c(CCNC2CC2)nc2cc(Br)ccc21. The molecule has 0 aliphatic heterocycles. The van der Waals surface area contributed by atoms with Gasteiger partial charge < -0.3 is 9.88 Å². The van der Waals surface area contributed by atoms with Crippen molar-refractivity contribution in [1.29, 1.82) is 0 Å². The van der Waals surface area contributed by atoms with Crippen molar-refractivity contribution >= 4 is 27.0 Å². The topological polar surface area (TPSA) is 29.9 Å². The number of imidazole rings is 1. The highest BCUT2D eigenvalue weighted by molar-refractivity contribution is 9.10. The summed E-state index contributed by atoms with van der Waals surface area (Å²) in [7, 11) is 0. The fraction of sp³-hybridized carbons (Fsp3) is 0.500. The van der Waals surface area contributed by atoms with E-state index in [4.69, 9.17) is 4.98 Å². The van der Waals surface area contributed by atoms with Gasteiger partial charge >= 0.3 is 0 Å². The Morgan fingerprint density at radius 1 is 1.44 bits per heavy atom. The summed E-state index contributed by atoms with van der Waals surface area (Å²) < 4.78 is 3.41. The maximum Gasteiger partial charge on any atom is 0.111 e. The number of aryl methyl sites for hydroxylation is 1. The Bertz CT molecular complexity index is 557. The molecule has 1 aliphatic rings. The Balaban J connectivity index is 1.84. The van der Waals surface area contributed by atoms with Crippen LogP contribution in [0.15, 0.2) is 22.7 Å². The number of nitrogens with one attached hydrogen (secondary N) is 1. The van der Waals surface area contributed by atoms with Crippen LogP contribution >= 0.6 is 15.9 Å². The monoisotopic (exact) mass is 307 g/mol. The minimum atomic E-state index is 0.776. The Kier molecular flexibility index (Phi) is 3.39. The molecule has 18 heavy (non-hydrogen) atoms. The quantitative estimate of drug-likeness (QED) is 0.920. The largest absolute Gasteiger partial charge is 0.328 e. The third kappa shape index (κ3) is 2.45. The predicted octanol–water partition coefficient (Wildman–Crippen LogP) is 3.11. The first kappa shape index (κ1) is 12.2. The number of halogens is 1. The molecule has 1 aromatic heterocycles. The van der Waals surface area contributed by atoms with Crippen LogP contribution < -0.4 is 5.32 Å². The molecule has 0 saturated heterocycles. The first-order valence-electron chi connectivity index (χ1n) is 6.66. The minimum absolute atomic E-state index is 0.776. The van der Waals surface area contributed by atoms with Gasteiger partial charge in [-0.2, -0.15) is 0 Å². The van der Waals surface area contributed by atoms with Crippen LogP contribution in [0.3, 0.4) is 0 Å². The summed E-state index contributed by atoms with van der Waals surface area (Å²) in [4.78, 5) is 4.75. The van der Waals surface area contributed by atoms with E-state index in [1.54, 1.807) is 0 Å². The average Bonchev–Trinajstić information content (AvgIpc) is 3.10. The van der Waals surface area contributed by atoms with Crippen LogP contribution in [0.2, 0.25) is 0 Å². The van der Waals surface area contributed by atoms with E-state index in [1.807, 2.05) is 0 Å². The van der Waals surface area contributed by atoms with Gasteiger partial charge in [0.15, 0.2) is 0 Å². The van der Waals surface area contributed by atoms with Gasteiger partial charge in [-0.1, -0.05) is 15.9 Å². The zero-order chi connectivity index (χ0) is 12.5. The summed E-state index contributed by atoms with van der Waals surface area (Å²) in [6.45, 7) is 4.20. The van der Waals surface area contributed by atoms with E-state index < -0.39 is 0 Å². The van der Waals surface area contributed by atoms with Crippen LogP contribution in [0.5, 0.6) is 0 Å². The highest BCUT2D eigenvalue weighted by Crippen LogP contribution is 2.22. The van der Waals surface area contributed by atoms with Gasteiger partial charge in [0, 0.05) is 30.0 Å². The smallest absolute Gasteiger partial charge is 0.111 e. The molecule has 0 unspecified atom stereocenters. The zero-order valence-corrected chi connectivity index (χ0v) is 12.2. The summed E-state index contributed by atoms with van der Waals surface area (Å²) in [5.74, 6) is 1.19. The van der Waals surface area contributed by atoms with E-state index >= 15 is 0 Å². The van der Waals surface area contributed by atoms with E-state index in [2.05, 4.69) is 50.9 Å². The van der Waals surface area contributed by atoms with Gasteiger partial charge in [-0.05, 0) is 38.0 Å². The van der Waals surface area contributed by atoms with Crippen molar-refractivity contribution in [3.8, 4) is 0 Å². The maximum atomic E-state index is 4.75. The van der Waals surface area contributed by atoms with Crippen molar-refractivity contribution in [2.24, 2.45) is 0 Å². The Hall–Kier alpha value is -0.870. The Labute approximate surface area is 116 Å². The molecule has 1 saturated carbocycles. The summed E-state index contributed by atoms with van der Waals surface area (Å²) in [6.07, 6.45) is 3.70. The molecular weight excluding hydrogens is 290 g/mol. The highest BCUT2D eigenvalue weighted by atomic mass is 79.9. The van der Waals surface area contributed by atoms with E-state index in [-0.39, 0.29) is 0 Å². The molecule has 0 spiro atoms. The van der Waals surface area contributed by atoms with Gasteiger partial charge in [0.2, 0.25) is 0 Å². The van der Waals surface area contributed by atoms with Crippen LogP contribution in [0.4, 0.5) is 0 Å². The van der Waals surface area contributed by atoms with Crippen molar-refractivity contribution in [2.45, 2.75) is 38.8 Å². The van der Waals surface area contributed by atoms with E-state index in [0.717, 1.165) is 35.5 Å². The number of benzene rings is 1. The second-order valence-electron chi connectivity index (χ2n) is 4.88. The van der Waals surface area contributed by atoms with Crippen LogP contribution in [-0.2, 0) is 13.0 Å². The summed E-state index contributed by atoms with van der Waals surface area (Å²) >= 11 is 3.51. The lowest BCUT2D eigenvalue weighted by Gasteiger charge is -2.06. The molecular formula is C14H18BrN3. The molecule has 0 radical (unpaired) electrons. The normalized spacial score (nSPS) is 15.4.